The maximum absolute atomic E-state index is 12.3. The first kappa shape index (κ1) is 18.1. The SMILES string of the molecule is COc1cccc(-c2nc3cc(NC(=O)Cc4ccc(Cl)cc4)ccc3o2)c1. The van der Waals surface area contributed by atoms with Crippen LogP contribution in [-0.2, 0) is 11.2 Å². The molecule has 0 spiro atoms. The van der Waals surface area contributed by atoms with Crippen molar-refractivity contribution in [2.75, 3.05) is 12.4 Å². The molecule has 0 unspecified atom stereocenters. The van der Waals surface area contributed by atoms with Gasteiger partial charge in [0, 0.05) is 16.3 Å². The van der Waals surface area contributed by atoms with E-state index in [-0.39, 0.29) is 12.3 Å². The van der Waals surface area contributed by atoms with Crippen LogP contribution in [0.4, 0.5) is 5.69 Å². The molecule has 4 aromatic rings. The van der Waals surface area contributed by atoms with E-state index in [1.54, 1.807) is 37.4 Å². The van der Waals surface area contributed by atoms with E-state index in [9.17, 15) is 4.79 Å². The van der Waals surface area contributed by atoms with Gasteiger partial charge in [0.1, 0.15) is 11.3 Å². The fourth-order valence-electron chi connectivity index (χ4n) is 2.88. The van der Waals surface area contributed by atoms with Gasteiger partial charge >= 0.3 is 0 Å². The first-order valence-electron chi connectivity index (χ1n) is 8.70. The maximum atomic E-state index is 12.3. The lowest BCUT2D eigenvalue weighted by Gasteiger charge is -2.05. The molecular formula is C22H17ClN2O3. The molecule has 6 heteroatoms. The fraction of sp³-hybridized carbons (Fsp3) is 0.0909. The fourth-order valence-corrected chi connectivity index (χ4v) is 3.00. The highest BCUT2D eigenvalue weighted by molar-refractivity contribution is 6.30. The zero-order valence-electron chi connectivity index (χ0n) is 15.1. The second kappa shape index (κ2) is 7.74. The number of anilines is 1. The Labute approximate surface area is 166 Å². The van der Waals surface area contributed by atoms with Crippen LogP contribution in [0.3, 0.4) is 0 Å². The molecule has 0 saturated carbocycles. The number of fused-ring (bicyclic) bond motifs is 1. The van der Waals surface area contributed by atoms with Crippen LogP contribution in [0.2, 0.25) is 5.02 Å². The van der Waals surface area contributed by atoms with E-state index in [1.807, 2.05) is 36.4 Å². The molecule has 1 aromatic heterocycles. The smallest absolute Gasteiger partial charge is 0.228 e. The predicted molar refractivity (Wildman–Crippen MR) is 110 cm³/mol. The number of halogens is 1. The van der Waals surface area contributed by atoms with Gasteiger partial charge in [-0.05, 0) is 54.1 Å². The first-order valence-corrected chi connectivity index (χ1v) is 9.08. The normalized spacial score (nSPS) is 10.8. The monoisotopic (exact) mass is 392 g/mol. The van der Waals surface area contributed by atoms with E-state index in [0.717, 1.165) is 16.9 Å². The molecule has 0 aliphatic heterocycles. The first-order chi connectivity index (χ1) is 13.6. The summed E-state index contributed by atoms with van der Waals surface area (Å²) in [5, 5.41) is 3.54. The molecule has 0 fully saturated rings. The van der Waals surface area contributed by atoms with Gasteiger partial charge in [0.25, 0.3) is 0 Å². The minimum atomic E-state index is -0.113. The van der Waals surface area contributed by atoms with E-state index < -0.39 is 0 Å². The highest BCUT2D eigenvalue weighted by atomic mass is 35.5. The number of aromatic nitrogens is 1. The van der Waals surface area contributed by atoms with Crippen LogP contribution >= 0.6 is 11.6 Å². The van der Waals surface area contributed by atoms with Crippen molar-refractivity contribution in [1.82, 2.24) is 4.98 Å². The van der Waals surface area contributed by atoms with Crippen molar-refractivity contribution in [2.45, 2.75) is 6.42 Å². The number of ether oxygens (including phenoxy) is 1. The van der Waals surface area contributed by atoms with Gasteiger partial charge in [-0.1, -0.05) is 29.8 Å². The van der Waals surface area contributed by atoms with Gasteiger partial charge in [-0.2, -0.15) is 0 Å². The van der Waals surface area contributed by atoms with Crippen LogP contribution in [0.5, 0.6) is 5.75 Å². The van der Waals surface area contributed by atoms with Crippen LogP contribution in [0, 0.1) is 0 Å². The highest BCUT2D eigenvalue weighted by Crippen LogP contribution is 2.28. The molecule has 0 bridgehead atoms. The average Bonchev–Trinajstić information content (AvgIpc) is 3.13. The van der Waals surface area contributed by atoms with Gasteiger partial charge in [-0.15, -0.1) is 0 Å². The molecule has 0 aliphatic rings. The number of methoxy groups -OCH3 is 1. The van der Waals surface area contributed by atoms with Crippen LogP contribution in [0.1, 0.15) is 5.56 Å². The summed E-state index contributed by atoms with van der Waals surface area (Å²) in [5.41, 5.74) is 3.70. The summed E-state index contributed by atoms with van der Waals surface area (Å²) in [6.07, 6.45) is 0.267. The zero-order chi connectivity index (χ0) is 19.5. The van der Waals surface area contributed by atoms with E-state index in [4.69, 9.17) is 20.8 Å². The number of carbonyl (C=O) groups excluding carboxylic acids is 1. The second-order valence-electron chi connectivity index (χ2n) is 6.28. The van der Waals surface area contributed by atoms with Crippen LogP contribution in [0.15, 0.2) is 71.1 Å². The van der Waals surface area contributed by atoms with Gasteiger partial charge in [0.05, 0.1) is 13.5 Å². The van der Waals surface area contributed by atoms with Gasteiger partial charge in [-0.3, -0.25) is 4.79 Å². The molecule has 1 heterocycles. The van der Waals surface area contributed by atoms with Crippen molar-refractivity contribution in [3.63, 3.8) is 0 Å². The maximum Gasteiger partial charge on any atom is 0.228 e. The lowest BCUT2D eigenvalue weighted by Crippen LogP contribution is -2.14. The Kier molecular flexibility index (Phi) is 5.00. The van der Waals surface area contributed by atoms with Crippen LogP contribution in [-0.4, -0.2) is 18.0 Å². The molecular weight excluding hydrogens is 376 g/mol. The second-order valence-corrected chi connectivity index (χ2v) is 6.72. The molecule has 5 nitrogen and oxygen atoms in total. The predicted octanol–water partition coefficient (Wildman–Crippen LogP) is 5.34. The quantitative estimate of drug-likeness (QED) is 0.498. The summed E-state index contributed by atoms with van der Waals surface area (Å²) < 4.78 is 11.1. The number of amides is 1. The molecule has 28 heavy (non-hydrogen) atoms. The number of carbonyl (C=O) groups is 1. The van der Waals surface area contributed by atoms with Crippen molar-refractivity contribution < 1.29 is 13.9 Å². The molecule has 1 amide bonds. The van der Waals surface area contributed by atoms with Crippen molar-refractivity contribution in [1.29, 1.82) is 0 Å². The number of benzene rings is 3. The van der Waals surface area contributed by atoms with E-state index >= 15 is 0 Å². The summed E-state index contributed by atoms with van der Waals surface area (Å²) in [4.78, 5) is 16.8. The Hall–Kier alpha value is -3.31. The standard InChI is InChI=1S/C22H17ClN2O3/c1-27-18-4-2-3-15(12-18)22-25-19-13-17(9-10-20(19)28-22)24-21(26)11-14-5-7-16(23)8-6-14/h2-10,12-13H,11H2,1H3,(H,24,26). The lowest BCUT2D eigenvalue weighted by atomic mass is 10.1. The molecule has 4 rings (SSSR count). The third-order valence-corrected chi connectivity index (χ3v) is 4.52. The molecule has 0 atom stereocenters. The van der Waals surface area contributed by atoms with Gasteiger partial charge in [0.2, 0.25) is 11.8 Å². The molecule has 0 saturated heterocycles. The van der Waals surface area contributed by atoms with Crippen molar-refractivity contribution in [3.8, 4) is 17.2 Å². The lowest BCUT2D eigenvalue weighted by molar-refractivity contribution is -0.115. The number of oxazole rings is 1. The summed E-state index contributed by atoms with van der Waals surface area (Å²) >= 11 is 5.87. The van der Waals surface area contributed by atoms with Gasteiger partial charge in [-0.25, -0.2) is 4.98 Å². The average molecular weight is 393 g/mol. The molecule has 0 aliphatic carbocycles. The minimum Gasteiger partial charge on any atom is -0.497 e. The Morgan fingerprint density at radius 2 is 1.93 bits per heavy atom. The Morgan fingerprint density at radius 1 is 1.11 bits per heavy atom. The largest absolute Gasteiger partial charge is 0.497 e. The Morgan fingerprint density at radius 3 is 2.71 bits per heavy atom. The Balaban J connectivity index is 1.52. The van der Waals surface area contributed by atoms with Crippen molar-refractivity contribution >= 4 is 34.3 Å². The summed E-state index contributed by atoms with van der Waals surface area (Å²) in [6.45, 7) is 0. The van der Waals surface area contributed by atoms with Crippen molar-refractivity contribution in [3.05, 3.63) is 77.3 Å². The molecule has 3 aromatic carbocycles. The van der Waals surface area contributed by atoms with Gasteiger partial charge < -0.3 is 14.5 Å². The minimum absolute atomic E-state index is 0.113. The Bertz CT molecular complexity index is 1140. The third kappa shape index (κ3) is 4.00. The topological polar surface area (TPSA) is 64.4 Å². The summed E-state index contributed by atoms with van der Waals surface area (Å²) in [6, 6.07) is 20.1. The molecule has 0 radical (unpaired) electrons. The van der Waals surface area contributed by atoms with Crippen LogP contribution in [0.25, 0.3) is 22.6 Å². The van der Waals surface area contributed by atoms with E-state index in [2.05, 4.69) is 10.3 Å². The number of hydrogen-bond acceptors (Lipinski definition) is 4. The zero-order valence-corrected chi connectivity index (χ0v) is 15.9. The number of rotatable bonds is 5. The number of hydrogen-bond donors (Lipinski definition) is 1. The number of nitrogens with zero attached hydrogens (tertiary/aromatic N) is 1. The highest BCUT2D eigenvalue weighted by Gasteiger charge is 2.11. The summed E-state index contributed by atoms with van der Waals surface area (Å²) in [5.74, 6) is 1.12. The molecule has 140 valence electrons. The van der Waals surface area contributed by atoms with Crippen molar-refractivity contribution in [2.24, 2.45) is 0 Å². The van der Waals surface area contributed by atoms with Crippen LogP contribution < -0.4 is 10.1 Å². The van der Waals surface area contributed by atoms with Gasteiger partial charge in [0.15, 0.2) is 5.58 Å². The molecule has 1 N–H and O–H groups in total. The summed E-state index contributed by atoms with van der Waals surface area (Å²) in [7, 11) is 1.62. The third-order valence-electron chi connectivity index (χ3n) is 4.27. The van der Waals surface area contributed by atoms with E-state index in [1.165, 1.54) is 0 Å². The number of nitrogens with one attached hydrogen (secondary N) is 1. The van der Waals surface area contributed by atoms with E-state index in [0.29, 0.717) is 27.7 Å².